The van der Waals surface area contributed by atoms with Crippen molar-refractivity contribution in [1.29, 1.82) is 0 Å². The van der Waals surface area contributed by atoms with Gasteiger partial charge in [0.2, 0.25) is 5.91 Å². The highest BCUT2D eigenvalue weighted by Gasteiger charge is 2.08. The van der Waals surface area contributed by atoms with Crippen LogP contribution < -0.4 is 5.32 Å². The SMILES string of the molecule is CCN(CC)C(=O)CCNC(C)C. The summed E-state index contributed by atoms with van der Waals surface area (Å²) in [5, 5.41) is 3.23. The first-order valence-electron chi connectivity index (χ1n) is 5.12. The molecule has 0 fully saturated rings. The van der Waals surface area contributed by atoms with Crippen molar-refractivity contribution in [3.8, 4) is 0 Å². The average Bonchev–Trinajstić information content (AvgIpc) is 2.05. The highest BCUT2D eigenvalue weighted by Crippen LogP contribution is 1.92. The highest BCUT2D eigenvalue weighted by molar-refractivity contribution is 5.76. The van der Waals surface area contributed by atoms with E-state index in [4.69, 9.17) is 0 Å². The first-order chi connectivity index (χ1) is 6.11. The van der Waals surface area contributed by atoms with E-state index in [2.05, 4.69) is 19.2 Å². The fourth-order valence-electron chi connectivity index (χ4n) is 1.20. The lowest BCUT2D eigenvalue weighted by Crippen LogP contribution is -2.34. The Bertz CT molecular complexity index is 142. The molecule has 0 bridgehead atoms. The minimum Gasteiger partial charge on any atom is -0.343 e. The Hall–Kier alpha value is -0.570. The molecule has 3 heteroatoms. The van der Waals surface area contributed by atoms with Crippen molar-refractivity contribution in [2.24, 2.45) is 0 Å². The molecule has 0 rings (SSSR count). The molecule has 0 aromatic heterocycles. The Morgan fingerprint density at radius 3 is 2.23 bits per heavy atom. The van der Waals surface area contributed by atoms with E-state index in [1.165, 1.54) is 0 Å². The van der Waals surface area contributed by atoms with Gasteiger partial charge in [0.25, 0.3) is 0 Å². The van der Waals surface area contributed by atoms with E-state index in [9.17, 15) is 4.79 Å². The second-order valence-electron chi connectivity index (χ2n) is 3.42. The zero-order valence-electron chi connectivity index (χ0n) is 9.26. The topological polar surface area (TPSA) is 32.3 Å². The van der Waals surface area contributed by atoms with Crippen LogP contribution in [0.1, 0.15) is 34.1 Å². The van der Waals surface area contributed by atoms with Crippen LogP contribution in [0.15, 0.2) is 0 Å². The number of nitrogens with zero attached hydrogens (tertiary/aromatic N) is 1. The molecule has 0 saturated carbocycles. The molecule has 0 radical (unpaired) electrons. The summed E-state index contributed by atoms with van der Waals surface area (Å²) in [6.45, 7) is 10.6. The van der Waals surface area contributed by atoms with Crippen LogP contribution >= 0.6 is 0 Å². The molecular weight excluding hydrogens is 164 g/mol. The lowest BCUT2D eigenvalue weighted by atomic mass is 10.3. The van der Waals surface area contributed by atoms with Crippen LogP contribution in [0.5, 0.6) is 0 Å². The lowest BCUT2D eigenvalue weighted by molar-refractivity contribution is -0.130. The van der Waals surface area contributed by atoms with Crippen LogP contribution in [0.25, 0.3) is 0 Å². The highest BCUT2D eigenvalue weighted by atomic mass is 16.2. The second-order valence-corrected chi connectivity index (χ2v) is 3.42. The lowest BCUT2D eigenvalue weighted by Gasteiger charge is -2.18. The smallest absolute Gasteiger partial charge is 0.223 e. The third-order valence-corrected chi connectivity index (χ3v) is 2.01. The van der Waals surface area contributed by atoms with Crippen LogP contribution in [0.3, 0.4) is 0 Å². The molecule has 0 atom stereocenters. The van der Waals surface area contributed by atoms with Crippen LogP contribution in [0.2, 0.25) is 0 Å². The summed E-state index contributed by atoms with van der Waals surface area (Å²) < 4.78 is 0. The standard InChI is InChI=1S/C10H22N2O/c1-5-12(6-2)10(13)7-8-11-9(3)4/h9,11H,5-8H2,1-4H3. The number of nitrogens with one attached hydrogen (secondary N) is 1. The number of hydrogen-bond donors (Lipinski definition) is 1. The molecular formula is C10H22N2O. The third-order valence-electron chi connectivity index (χ3n) is 2.01. The number of rotatable bonds is 6. The molecule has 13 heavy (non-hydrogen) atoms. The van der Waals surface area contributed by atoms with Gasteiger partial charge in [-0.05, 0) is 13.8 Å². The number of hydrogen-bond acceptors (Lipinski definition) is 2. The summed E-state index contributed by atoms with van der Waals surface area (Å²) in [4.78, 5) is 13.3. The monoisotopic (exact) mass is 186 g/mol. The van der Waals surface area contributed by atoms with Gasteiger partial charge >= 0.3 is 0 Å². The fourth-order valence-corrected chi connectivity index (χ4v) is 1.20. The molecule has 1 N–H and O–H groups in total. The van der Waals surface area contributed by atoms with Gasteiger partial charge in [0.05, 0.1) is 0 Å². The number of carbonyl (C=O) groups is 1. The van der Waals surface area contributed by atoms with E-state index in [-0.39, 0.29) is 5.91 Å². The fraction of sp³-hybridized carbons (Fsp3) is 0.900. The van der Waals surface area contributed by atoms with E-state index in [0.717, 1.165) is 19.6 Å². The van der Waals surface area contributed by atoms with Gasteiger partial charge in [-0.2, -0.15) is 0 Å². The summed E-state index contributed by atoms with van der Waals surface area (Å²) in [5.74, 6) is 0.248. The van der Waals surface area contributed by atoms with Crippen LogP contribution in [0.4, 0.5) is 0 Å². The van der Waals surface area contributed by atoms with Crippen molar-refractivity contribution in [1.82, 2.24) is 10.2 Å². The second kappa shape index (κ2) is 6.89. The molecule has 3 nitrogen and oxygen atoms in total. The summed E-state index contributed by atoms with van der Waals surface area (Å²) in [5.41, 5.74) is 0. The summed E-state index contributed by atoms with van der Waals surface area (Å²) in [7, 11) is 0. The Labute approximate surface area is 81.5 Å². The summed E-state index contributed by atoms with van der Waals surface area (Å²) in [6, 6.07) is 0.463. The van der Waals surface area contributed by atoms with E-state index in [1.807, 2.05) is 18.7 Å². The van der Waals surface area contributed by atoms with Crippen LogP contribution in [-0.4, -0.2) is 36.5 Å². The third kappa shape index (κ3) is 5.64. The van der Waals surface area contributed by atoms with E-state index in [0.29, 0.717) is 12.5 Å². The molecule has 0 aliphatic carbocycles. The molecule has 0 spiro atoms. The summed E-state index contributed by atoms with van der Waals surface area (Å²) in [6.07, 6.45) is 0.611. The maximum Gasteiger partial charge on any atom is 0.223 e. The predicted octanol–water partition coefficient (Wildman–Crippen LogP) is 1.24. The Kier molecular flexibility index (Phi) is 6.59. The van der Waals surface area contributed by atoms with Crippen molar-refractivity contribution in [2.45, 2.75) is 40.2 Å². The molecule has 0 aromatic rings. The Morgan fingerprint density at radius 1 is 1.31 bits per heavy atom. The molecule has 0 unspecified atom stereocenters. The molecule has 0 heterocycles. The van der Waals surface area contributed by atoms with Gasteiger partial charge in [0.15, 0.2) is 0 Å². The first-order valence-corrected chi connectivity index (χ1v) is 5.12. The van der Waals surface area contributed by atoms with Crippen molar-refractivity contribution in [3.63, 3.8) is 0 Å². The quantitative estimate of drug-likeness (QED) is 0.677. The minimum atomic E-state index is 0.248. The Morgan fingerprint density at radius 2 is 1.85 bits per heavy atom. The zero-order valence-corrected chi connectivity index (χ0v) is 9.26. The zero-order chi connectivity index (χ0) is 10.3. The molecule has 0 saturated heterocycles. The van der Waals surface area contributed by atoms with Gasteiger partial charge < -0.3 is 10.2 Å². The maximum atomic E-state index is 11.5. The number of carbonyl (C=O) groups excluding carboxylic acids is 1. The van der Waals surface area contributed by atoms with Crippen molar-refractivity contribution >= 4 is 5.91 Å². The minimum absolute atomic E-state index is 0.248. The van der Waals surface area contributed by atoms with Crippen molar-refractivity contribution in [2.75, 3.05) is 19.6 Å². The number of amides is 1. The molecule has 0 aliphatic rings. The van der Waals surface area contributed by atoms with E-state index >= 15 is 0 Å². The van der Waals surface area contributed by atoms with Crippen molar-refractivity contribution in [3.05, 3.63) is 0 Å². The largest absolute Gasteiger partial charge is 0.343 e. The van der Waals surface area contributed by atoms with Gasteiger partial charge in [-0.15, -0.1) is 0 Å². The van der Waals surface area contributed by atoms with Gasteiger partial charge in [0.1, 0.15) is 0 Å². The predicted molar refractivity (Wildman–Crippen MR) is 55.7 cm³/mol. The average molecular weight is 186 g/mol. The van der Waals surface area contributed by atoms with Crippen LogP contribution in [0, 0.1) is 0 Å². The molecule has 1 amide bonds. The van der Waals surface area contributed by atoms with E-state index in [1.54, 1.807) is 0 Å². The van der Waals surface area contributed by atoms with Gasteiger partial charge in [-0.25, -0.2) is 0 Å². The van der Waals surface area contributed by atoms with Gasteiger partial charge in [0, 0.05) is 32.1 Å². The van der Waals surface area contributed by atoms with Gasteiger partial charge in [-0.1, -0.05) is 13.8 Å². The summed E-state index contributed by atoms with van der Waals surface area (Å²) >= 11 is 0. The maximum absolute atomic E-state index is 11.5. The van der Waals surface area contributed by atoms with E-state index < -0.39 is 0 Å². The normalized spacial score (nSPS) is 10.5. The molecule has 0 aliphatic heterocycles. The van der Waals surface area contributed by atoms with Crippen LogP contribution in [-0.2, 0) is 4.79 Å². The molecule has 0 aromatic carbocycles. The Balaban J connectivity index is 3.60. The molecule has 78 valence electrons. The van der Waals surface area contributed by atoms with Gasteiger partial charge in [-0.3, -0.25) is 4.79 Å². The van der Waals surface area contributed by atoms with Crippen molar-refractivity contribution < 1.29 is 4.79 Å². The first kappa shape index (κ1) is 12.4.